The summed E-state index contributed by atoms with van der Waals surface area (Å²) in [5.74, 6) is -4.96. The molecular weight excluding hydrogens is 983 g/mol. The van der Waals surface area contributed by atoms with Gasteiger partial charge in [-0.25, -0.2) is 27.4 Å². The molecule has 3 N–H and O–H groups in total. The molecule has 0 bridgehead atoms. The van der Waals surface area contributed by atoms with Gasteiger partial charge in [-0.15, -0.1) is 0 Å². The van der Waals surface area contributed by atoms with E-state index >= 15 is 0 Å². The van der Waals surface area contributed by atoms with Crippen molar-refractivity contribution in [3.8, 4) is 11.5 Å². The van der Waals surface area contributed by atoms with Gasteiger partial charge in [-0.2, -0.15) is 17.5 Å². The van der Waals surface area contributed by atoms with Gasteiger partial charge in [-0.3, -0.25) is 9.32 Å². The van der Waals surface area contributed by atoms with Crippen molar-refractivity contribution in [2.75, 3.05) is 39.3 Å². The van der Waals surface area contributed by atoms with E-state index in [1.54, 1.807) is 68.6 Å². The molecule has 2 saturated heterocycles. The van der Waals surface area contributed by atoms with Gasteiger partial charge in [0, 0.05) is 13.1 Å². The van der Waals surface area contributed by atoms with Crippen LogP contribution >= 0.6 is 7.60 Å². The molecule has 71 heavy (non-hydrogen) atoms. The number of sulfonamides is 1. The van der Waals surface area contributed by atoms with Crippen molar-refractivity contribution < 1.29 is 87.9 Å². The number of alkyl carbamates (subject to hydrolysis) is 1. The number of amides is 2. The molecule has 2 heterocycles. The first-order valence-corrected chi connectivity index (χ1v) is 26.1. The highest BCUT2D eigenvalue weighted by Gasteiger charge is 2.45. The SMILES string of the molecule is CCOC(=O)[C@H](C)OP(=O)(COc1ccc(C[C@H](NC(=O)O[C@H]2CO[C@H]3OCC[C@H]32)[C@H](O)CN(CC(C)C)S(=O)(=O)c2ccc(COC(=O)[C@@H](NC(=O)C(F)(F)F)C(C)C)cc2)cc1)Oc1ccccc1. The van der Waals surface area contributed by atoms with Gasteiger partial charge in [0.2, 0.25) is 16.4 Å². The Hall–Kier alpha value is -5.29. The number of nitrogens with zero attached hydrogens (tertiary/aromatic N) is 1. The summed E-state index contributed by atoms with van der Waals surface area (Å²) in [5.41, 5.74) is 0.828. The number of alkyl halides is 3. The Morgan fingerprint density at radius 1 is 0.859 bits per heavy atom. The number of carbonyl (C=O) groups is 4. The van der Waals surface area contributed by atoms with Crippen molar-refractivity contribution in [3.63, 3.8) is 0 Å². The molecule has 1 unspecified atom stereocenters. The lowest BCUT2D eigenvalue weighted by atomic mass is 10.0. The van der Waals surface area contributed by atoms with E-state index in [0.717, 1.165) is 4.31 Å². The minimum atomic E-state index is -5.22. The number of aliphatic hydroxyl groups excluding tert-OH is 1. The zero-order valence-corrected chi connectivity index (χ0v) is 41.8. The number of fused-ring (bicyclic) bond motifs is 1. The molecule has 8 atom stereocenters. The Kier molecular flexibility index (Phi) is 20.2. The number of hydrogen-bond donors (Lipinski definition) is 3. The topological polar surface area (TPSA) is 241 Å². The second-order valence-electron chi connectivity index (χ2n) is 17.6. The van der Waals surface area contributed by atoms with Gasteiger partial charge in [0.05, 0.1) is 42.8 Å². The highest BCUT2D eigenvalue weighted by molar-refractivity contribution is 7.89. The van der Waals surface area contributed by atoms with E-state index in [9.17, 15) is 50.4 Å². The van der Waals surface area contributed by atoms with Crippen LogP contribution in [0.1, 0.15) is 59.1 Å². The number of ether oxygens (including phenoxy) is 6. The van der Waals surface area contributed by atoms with Gasteiger partial charge in [-0.05, 0) is 86.1 Å². The summed E-state index contributed by atoms with van der Waals surface area (Å²) in [5, 5.41) is 16.2. The number of nitrogens with one attached hydrogen (secondary N) is 2. The monoisotopic (exact) mass is 1040 g/mol. The molecule has 3 aromatic rings. The predicted molar refractivity (Wildman–Crippen MR) is 247 cm³/mol. The average Bonchev–Trinajstić information content (AvgIpc) is 3.94. The van der Waals surface area contributed by atoms with Crippen molar-refractivity contribution >= 4 is 41.6 Å². The number of rotatable bonds is 25. The van der Waals surface area contributed by atoms with E-state index in [2.05, 4.69) is 5.32 Å². The molecule has 0 aromatic heterocycles. The molecule has 3 aromatic carbocycles. The predicted octanol–water partition coefficient (Wildman–Crippen LogP) is 6.12. The van der Waals surface area contributed by atoms with Crippen molar-refractivity contribution in [2.45, 2.75) is 109 Å². The maximum atomic E-state index is 14.2. The lowest BCUT2D eigenvalue weighted by Gasteiger charge is -2.31. The zero-order chi connectivity index (χ0) is 52.1. The fraction of sp³-hybridized carbons (Fsp3) is 0.532. The van der Waals surface area contributed by atoms with Gasteiger partial charge in [0.15, 0.2) is 12.4 Å². The molecule has 0 saturated carbocycles. The van der Waals surface area contributed by atoms with Crippen molar-refractivity contribution in [2.24, 2.45) is 17.8 Å². The van der Waals surface area contributed by atoms with Crippen LogP contribution in [-0.2, 0) is 70.2 Å². The van der Waals surface area contributed by atoms with Crippen LogP contribution < -0.4 is 19.9 Å². The summed E-state index contributed by atoms with van der Waals surface area (Å²) in [6, 6.07) is 16.9. The third kappa shape index (κ3) is 16.6. The van der Waals surface area contributed by atoms with Crippen molar-refractivity contribution in [1.82, 2.24) is 14.9 Å². The Bertz CT molecular complexity index is 2400. The third-order valence-corrected chi connectivity index (χ3v) is 14.5. The highest BCUT2D eigenvalue weighted by Crippen LogP contribution is 2.49. The second-order valence-corrected chi connectivity index (χ2v) is 21.4. The molecule has 24 heteroatoms. The van der Waals surface area contributed by atoms with Crippen LogP contribution in [0.2, 0.25) is 0 Å². The molecule has 392 valence electrons. The van der Waals surface area contributed by atoms with Gasteiger partial charge >= 0.3 is 37.7 Å². The molecule has 0 radical (unpaired) electrons. The van der Waals surface area contributed by atoms with Crippen LogP contribution in [0.3, 0.4) is 0 Å². The Morgan fingerprint density at radius 2 is 1.52 bits per heavy atom. The maximum absolute atomic E-state index is 14.2. The van der Waals surface area contributed by atoms with E-state index in [1.165, 1.54) is 57.2 Å². The average molecular weight is 1040 g/mol. The Labute approximate surface area is 410 Å². The summed E-state index contributed by atoms with van der Waals surface area (Å²) in [7, 11) is -8.52. The second kappa shape index (κ2) is 25.4. The van der Waals surface area contributed by atoms with Crippen LogP contribution in [0.15, 0.2) is 83.8 Å². The van der Waals surface area contributed by atoms with Gasteiger partial charge in [-0.1, -0.05) is 70.2 Å². The fourth-order valence-electron chi connectivity index (χ4n) is 7.43. The number of benzene rings is 3. The molecule has 0 aliphatic carbocycles. The van der Waals surface area contributed by atoms with Crippen LogP contribution in [0.4, 0.5) is 18.0 Å². The molecule has 5 rings (SSSR count). The number of para-hydroxylation sites is 1. The quantitative estimate of drug-likeness (QED) is 0.0492. The smallest absolute Gasteiger partial charge is 0.471 e. The summed E-state index contributed by atoms with van der Waals surface area (Å²) < 4.78 is 126. The standard InChI is InChI=1S/C47H61F3N3O16PS/c1-7-62-42(55)31(6)68-70(59,69-35-11-9-8-10-12-35)28-66-34-17-13-32(14-18-34)23-38(51-46(58)67-40-27-65-44-37(40)21-22-63-44)39(54)25-53(24-29(2)3)71(60,61)36-19-15-33(16-20-36)26-64-43(56)41(30(4)5)52-45(57)47(48,49)50/h8-20,29-31,37-41,44,54H,7,21-28H2,1-6H3,(H,51,58)(H,52,57)/t31-,37-,38-,39+,40-,41-,44+,70?/m0/s1. The van der Waals surface area contributed by atoms with Crippen LogP contribution in [0.5, 0.6) is 11.5 Å². The highest BCUT2D eigenvalue weighted by atomic mass is 32.2. The van der Waals surface area contributed by atoms with Crippen molar-refractivity contribution in [3.05, 3.63) is 90.0 Å². The van der Waals surface area contributed by atoms with E-state index in [4.69, 9.17) is 37.5 Å². The Morgan fingerprint density at radius 3 is 2.14 bits per heavy atom. The molecule has 19 nitrogen and oxygen atoms in total. The number of aliphatic hydroxyl groups is 1. The van der Waals surface area contributed by atoms with Crippen LogP contribution in [0, 0.1) is 17.8 Å². The molecule has 2 fully saturated rings. The van der Waals surface area contributed by atoms with E-state index < -0.39 is 110 Å². The molecule has 2 aliphatic heterocycles. The van der Waals surface area contributed by atoms with Gasteiger partial charge in [0.1, 0.15) is 30.3 Å². The number of esters is 2. The number of halogens is 3. The first-order valence-electron chi connectivity index (χ1n) is 22.9. The third-order valence-electron chi connectivity index (χ3n) is 11.1. The van der Waals surface area contributed by atoms with Crippen molar-refractivity contribution in [1.29, 1.82) is 0 Å². The lowest BCUT2D eigenvalue weighted by Crippen LogP contribution is -2.51. The Balaban J connectivity index is 1.31. The largest absolute Gasteiger partial charge is 0.480 e. The van der Waals surface area contributed by atoms with Crippen LogP contribution in [-0.4, -0.2) is 124 Å². The molecule has 0 spiro atoms. The van der Waals surface area contributed by atoms with E-state index in [0.29, 0.717) is 18.6 Å². The van der Waals surface area contributed by atoms with Crippen LogP contribution in [0.25, 0.3) is 0 Å². The summed E-state index contributed by atoms with van der Waals surface area (Å²) in [6.45, 7) is 8.95. The minimum Gasteiger partial charge on any atom is -0.480 e. The van der Waals surface area contributed by atoms with E-state index in [-0.39, 0.29) is 60.0 Å². The zero-order valence-electron chi connectivity index (χ0n) is 40.1. The number of hydrogen-bond acceptors (Lipinski definition) is 16. The van der Waals surface area contributed by atoms with Gasteiger partial charge < -0.3 is 48.7 Å². The number of carbonyl (C=O) groups excluding carboxylic acids is 4. The molecular formula is C47H61F3N3O16PS. The summed E-state index contributed by atoms with van der Waals surface area (Å²) in [6.07, 6.45) is -10.1. The summed E-state index contributed by atoms with van der Waals surface area (Å²) >= 11 is 0. The summed E-state index contributed by atoms with van der Waals surface area (Å²) in [4.78, 5) is 49.9. The first-order chi connectivity index (χ1) is 33.5. The maximum Gasteiger partial charge on any atom is 0.471 e. The normalized spacial score (nSPS) is 19.5. The first kappa shape index (κ1) is 56.6. The lowest BCUT2D eigenvalue weighted by molar-refractivity contribution is -0.176. The minimum absolute atomic E-state index is 0.0524. The van der Waals surface area contributed by atoms with E-state index in [1.807, 2.05) is 0 Å². The molecule has 2 amide bonds. The fourth-order valence-corrected chi connectivity index (χ4v) is 10.5. The van der Waals surface area contributed by atoms with Gasteiger partial charge in [0.25, 0.3) is 0 Å². The molecule has 2 aliphatic rings.